The van der Waals surface area contributed by atoms with E-state index in [0.29, 0.717) is 53.4 Å². The summed E-state index contributed by atoms with van der Waals surface area (Å²) < 4.78 is 34.3. The first kappa shape index (κ1) is 25.9. The van der Waals surface area contributed by atoms with Crippen LogP contribution in [-0.4, -0.2) is 48.4 Å². The topological polar surface area (TPSA) is 32.8 Å². The third kappa shape index (κ3) is 6.51. The molecule has 0 unspecified atom stereocenters. The fraction of sp³-hybridized carbons (Fsp3) is 0.269. The fourth-order valence-corrected chi connectivity index (χ4v) is 4.60. The Kier molecular flexibility index (Phi) is 8.63. The van der Waals surface area contributed by atoms with E-state index < -0.39 is 17.7 Å². The van der Waals surface area contributed by atoms with E-state index in [0.717, 1.165) is 5.56 Å². The highest BCUT2D eigenvalue weighted by molar-refractivity contribution is 6.36. The highest BCUT2D eigenvalue weighted by Gasteiger charge is 2.26. The van der Waals surface area contributed by atoms with Gasteiger partial charge >= 0.3 is 0 Å². The largest absolute Gasteiger partial charge is 0.367 e. The van der Waals surface area contributed by atoms with Crippen LogP contribution in [-0.2, 0) is 11.3 Å². The van der Waals surface area contributed by atoms with Crippen molar-refractivity contribution < 1.29 is 18.3 Å². The Morgan fingerprint density at radius 3 is 2.14 bits per heavy atom. The van der Waals surface area contributed by atoms with Crippen LogP contribution < -0.4 is 0 Å². The van der Waals surface area contributed by atoms with Gasteiger partial charge in [-0.15, -0.1) is 0 Å². The molecule has 0 radical (unpaired) electrons. The van der Waals surface area contributed by atoms with Crippen molar-refractivity contribution >= 4 is 40.7 Å². The molecular weight excluding hydrogens is 517 g/mol. The SMILES string of the molecule is O=C(c1ccc(Cl)cc1Cl)N1CCN(C[C@H](OCc2c(F)cccc2F)c2ccc(Cl)cc2)CC1. The van der Waals surface area contributed by atoms with Gasteiger partial charge in [-0.1, -0.05) is 53.0 Å². The van der Waals surface area contributed by atoms with Crippen molar-refractivity contribution in [2.75, 3.05) is 32.7 Å². The molecule has 1 aliphatic rings. The monoisotopic (exact) mass is 538 g/mol. The molecule has 0 aromatic heterocycles. The highest BCUT2D eigenvalue weighted by Crippen LogP contribution is 2.26. The van der Waals surface area contributed by atoms with Crippen LogP contribution in [0.5, 0.6) is 0 Å². The van der Waals surface area contributed by atoms with Gasteiger partial charge in [0.05, 0.1) is 23.3 Å². The summed E-state index contributed by atoms with van der Waals surface area (Å²) >= 11 is 18.2. The number of halogens is 5. The Hall–Kier alpha value is -2.22. The molecule has 0 bridgehead atoms. The van der Waals surface area contributed by atoms with Crippen LogP contribution >= 0.6 is 34.8 Å². The average molecular weight is 540 g/mol. The number of ether oxygens (including phenoxy) is 1. The molecule has 0 saturated carbocycles. The molecule has 0 spiro atoms. The van der Waals surface area contributed by atoms with Gasteiger partial charge in [-0.25, -0.2) is 8.78 Å². The quantitative estimate of drug-likeness (QED) is 0.337. The summed E-state index contributed by atoms with van der Waals surface area (Å²) in [4.78, 5) is 16.8. The van der Waals surface area contributed by atoms with Crippen molar-refractivity contribution in [3.8, 4) is 0 Å². The molecule has 35 heavy (non-hydrogen) atoms. The van der Waals surface area contributed by atoms with Gasteiger partial charge in [-0.2, -0.15) is 0 Å². The van der Waals surface area contributed by atoms with Gasteiger partial charge in [0, 0.05) is 48.3 Å². The lowest BCUT2D eigenvalue weighted by atomic mass is 10.1. The number of hydrogen-bond acceptors (Lipinski definition) is 3. The summed E-state index contributed by atoms with van der Waals surface area (Å²) in [5, 5.41) is 1.38. The van der Waals surface area contributed by atoms with Gasteiger partial charge in [0.25, 0.3) is 5.91 Å². The number of nitrogens with zero attached hydrogens (tertiary/aromatic N) is 2. The molecule has 0 aliphatic carbocycles. The first-order valence-electron chi connectivity index (χ1n) is 11.1. The maximum absolute atomic E-state index is 14.1. The van der Waals surface area contributed by atoms with E-state index in [1.165, 1.54) is 18.2 Å². The minimum atomic E-state index is -0.646. The predicted octanol–water partition coefficient (Wildman–Crippen LogP) is 6.64. The van der Waals surface area contributed by atoms with Crippen LogP contribution in [0.1, 0.15) is 27.6 Å². The maximum atomic E-state index is 14.1. The summed E-state index contributed by atoms with van der Waals surface area (Å²) in [6, 6.07) is 15.8. The molecule has 3 aromatic carbocycles. The molecule has 1 atom stereocenters. The Morgan fingerprint density at radius 1 is 0.886 bits per heavy atom. The Labute approximate surface area is 217 Å². The van der Waals surface area contributed by atoms with Gasteiger partial charge < -0.3 is 9.64 Å². The zero-order valence-electron chi connectivity index (χ0n) is 18.7. The molecule has 1 saturated heterocycles. The van der Waals surface area contributed by atoms with Gasteiger partial charge in [0.2, 0.25) is 0 Å². The van der Waals surface area contributed by atoms with Gasteiger partial charge in [-0.05, 0) is 48.0 Å². The molecule has 9 heteroatoms. The molecule has 4 nitrogen and oxygen atoms in total. The zero-order chi connectivity index (χ0) is 24.9. The zero-order valence-corrected chi connectivity index (χ0v) is 21.0. The molecule has 184 valence electrons. The maximum Gasteiger partial charge on any atom is 0.255 e. The first-order chi connectivity index (χ1) is 16.8. The number of carbonyl (C=O) groups excluding carboxylic acids is 1. The lowest BCUT2D eigenvalue weighted by Gasteiger charge is -2.36. The summed E-state index contributed by atoms with van der Waals surface area (Å²) in [5.41, 5.74) is 1.15. The third-order valence-corrected chi connectivity index (χ3v) is 6.78. The minimum Gasteiger partial charge on any atom is -0.367 e. The van der Waals surface area contributed by atoms with Crippen molar-refractivity contribution in [1.29, 1.82) is 0 Å². The Balaban J connectivity index is 1.42. The van der Waals surface area contributed by atoms with E-state index >= 15 is 0 Å². The molecule has 1 aliphatic heterocycles. The highest BCUT2D eigenvalue weighted by atomic mass is 35.5. The number of amides is 1. The Bertz CT molecular complexity index is 1170. The molecular formula is C26H23Cl3F2N2O2. The summed E-state index contributed by atoms with van der Waals surface area (Å²) in [7, 11) is 0. The Morgan fingerprint density at radius 2 is 1.51 bits per heavy atom. The summed E-state index contributed by atoms with van der Waals surface area (Å²) in [6.07, 6.45) is -0.445. The van der Waals surface area contributed by atoms with Gasteiger partial charge in [0.1, 0.15) is 11.6 Å². The average Bonchev–Trinajstić information content (AvgIpc) is 2.83. The lowest BCUT2D eigenvalue weighted by molar-refractivity contribution is 0.00145. The van der Waals surface area contributed by atoms with Crippen LogP contribution in [0, 0.1) is 11.6 Å². The lowest BCUT2D eigenvalue weighted by Crippen LogP contribution is -2.49. The first-order valence-corrected chi connectivity index (χ1v) is 12.2. The molecule has 3 aromatic rings. The fourth-order valence-electron chi connectivity index (χ4n) is 3.99. The number of rotatable bonds is 7. The van der Waals surface area contributed by atoms with Crippen LogP contribution in [0.15, 0.2) is 60.7 Å². The summed E-state index contributed by atoms with van der Waals surface area (Å²) in [6.45, 7) is 2.51. The second-order valence-corrected chi connectivity index (χ2v) is 9.55. The van der Waals surface area contributed by atoms with Crippen molar-refractivity contribution in [3.63, 3.8) is 0 Å². The smallest absolute Gasteiger partial charge is 0.255 e. The van der Waals surface area contributed by atoms with Crippen molar-refractivity contribution in [2.24, 2.45) is 0 Å². The molecule has 0 N–H and O–H groups in total. The van der Waals surface area contributed by atoms with E-state index in [9.17, 15) is 13.6 Å². The molecule has 1 heterocycles. The van der Waals surface area contributed by atoms with Gasteiger partial charge in [-0.3, -0.25) is 9.69 Å². The van der Waals surface area contributed by atoms with Crippen LogP contribution in [0.2, 0.25) is 15.1 Å². The van der Waals surface area contributed by atoms with E-state index in [-0.39, 0.29) is 18.1 Å². The number of hydrogen-bond donors (Lipinski definition) is 0. The summed E-state index contributed by atoms with van der Waals surface area (Å²) in [5.74, 6) is -1.44. The predicted molar refractivity (Wildman–Crippen MR) is 134 cm³/mol. The minimum absolute atomic E-state index is 0.110. The van der Waals surface area contributed by atoms with Crippen LogP contribution in [0.25, 0.3) is 0 Å². The van der Waals surface area contributed by atoms with E-state index in [2.05, 4.69) is 4.90 Å². The second-order valence-electron chi connectivity index (χ2n) is 8.27. The number of benzene rings is 3. The standard InChI is InChI=1S/C26H23Cl3F2N2O2/c27-18-6-4-17(5-7-18)25(35-16-21-23(30)2-1-3-24(21)31)15-32-10-12-33(13-11-32)26(34)20-9-8-19(28)14-22(20)29/h1-9,14,25H,10-13,15-16H2/t25-/m0/s1. The van der Waals surface area contributed by atoms with Crippen LogP contribution in [0.4, 0.5) is 8.78 Å². The van der Waals surface area contributed by atoms with Crippen molar-refractivity contribution in [3.05, 3.63) is 104 Å². The van der Waals surface area contributed by atoms with E-state index in [1.807, 2.05) is 12.1 Å². The van der Waals surface area contributed by atoms with Gasteiger partial charge in [0.15, 0.2) is 0 Å². The normalized spacial score (nSPS) is 15.3. The van der Waals surface area contributed by atoms with E-state index in [1.54, 1.807) is 35.2 Å². The molecule has 1 fully saturated rings. The molecule has 1 amide bonds. The number of piperazine rings is 1. The molecule has 4 rings (SSSR count). The van der Waals surface area contributed by atoms with Crippen molar-refractivity contribution in [1.82, 2.24) is 9.80 Å². The van der Waals surface area contributed by atoms with E-state index in [4.69, 9.17) is 39.5 Å². The third-order valence-electron chi connectivity index (χ3n) is 5.98. The van der Waals surface area contributed by atoms with Crippen LogP contribution in [0.3, 0.4) is 0 Å². The second kappa shape index (κ2) is 11.7. The number of carbonyl (C=O) groups is 1. The van der Waals surface area contributed by atoms with Crippen molar-refractivity contribution in [2.45, 2.75) is 12.7 Å².